The van der Waals surface area contributed by atoms with Gasteiger partial charge in [-0.05, 0) is 96.9 Å². The van der Waals surface area contributed by atoms with Gasteiger partial charge in [0.2, 0.25) is 0 Å². The largest absolute Gasteiger partial charge is 0.465 e. The Morgan fingerprint density at radius 2 is 1.70 bits per heavy atom. The summed E-state index contributed by atoms with van der Waals surface area (Å²) in [5.74, 6) is 0.434. The van der Waals surface area contributed by atoms with E-state index >= 15 is 0 Å². The van der Waals surface area contributed by atoms with Crippen LogP contribution in [0.15, 0.2) is 17.0 Å². The minimum absolute atomic E-state index is 0.00887. The van der Waals surface area contributed by atoms with E-state index in [2.05, 4.69) is 66.8 Å². The summed E-state index contributed by atoms with van der Waals surface area (Å²) >= 11 is 0. The molecule has 0 aromatic rings. The Hall–Kier alpha value is -1.47. The number of rotatable bonds is 6. The first kappa shape index (κ1) is 31.5. The molecule has 1 aliphatic heterocycles. The van der Waals surface area contributed by atoms with Crippen molar-refractivity contribution in [2.45, 2.75) is 131 Å². The molecule has 1 spiro atoms. The molecule has 242 valence electrons. The Kier molecular flexibility index (Phi) is 7.72. The van der Waals surface area contributed by atoms with Crippen LogP contribution in [-0.2, 0) is 23.8 Å². The second-order valence-electron chi connectivity index (χ2n) is 17.3. The molecule has 0 aromatic heterocycles. The standard InChI is InChI=1S/C36H57NO6/c1-9-10-17-40-30(38)25-22-31(2,3)21-24-23(25)11-13-34(7)26(24)20-27(43-37-39)29-33(6)15-16-36(41-18-19-42-36)32(4,5)28(33)12-14-35(29,34)8/h20,23-25,27-29H,9-19,21-22H2,1-8H3/t23?,24?,25-,27+,28?,29?,33+,34-,35-/m1/s1. The van der Waals surface area contributed by atoms with Gasteiger partial charge in [-0.25, -0.2) is 0 Å². The van der Waals surface area contributed by atoms with Gasteiger partial charge in [0.1, 0.15) is 0 Å². The number of hydrogen-bond donors (Lipinski definition) is 0. The average molecular weight is 600 g/mol. The van der Waals surface area contributed by atoms with Crippen LogP contribution in [0.5, 0.6) is 0 Å². The van der Waals surface area contributed by atoms with Crippen LogP contribution in [-0.4, -0.2) is 37.7 Å². The van der Waals surface area contributed by atoms with Crippen molar-refractivity contribution in [3.63, 3.8) is 0 Å². The van der Waals surface area contributed by atoms with E-state index in [-0.39, 0.29) is 62.8 Å². The highest BCUT2D eigenvalue weighted by Crippen LogP contribution is 2.76. The van der Waals surface area contributed by atoms with Crippen LogP contribution in [0.1, 0.15) is 120 Å². The van der Waals surface area contributed by atoms with Crippen LogP contribution in [0.2, 0.25) is 0 Å². The summed E-state index contributed by atoms with van der Waals surface area (Å²) < 4.78 is 18.7. The number of esters is 1. The monoisotopic (exact) mass is 599 g/mol. The molecule has 4 unspecified atom stereocenters. The van der Waals surface area contributed by atoms with Gasteiger partial charge in [-0.15, -0.1) is 4.91 Å². The molecule has 4 saturated carbocycles. The van der Waals surface area contributed by atoms with E-state index in [1.54, 1.807) is 0 Å². The number of allylic oxidation sites excluding steroid dienone is 1. The van der Waals surface area contributed by atoms with Crippen molar-refractivity contribution in [1.29, 1.82) is 0 Å². The third-order valence-electron chi connectivity index (χ3n) is 14.5. The Bertz CT molecular complexity index is 1140. The zero-order valence-corrected chi connectivity index (χ0v) is 28.1. The van der Waals surface area contributed by atoms with Gasteiger partial charge in [0, 0.05) is 17.8 Å². The molecule has 5 aliphatic carbocycles. The zero-order valence-electron chi connectivity index (χ0n) is 28.1. The van der Waals surface area contributed by atoms with Gasteiger partial charge in [-0.2, -0.15) is 0 Å². The first-order valence-electron chi connectivity index (χ1n) is 17.3. The SMILES string of the molecule is CCCCOC(=O)[C@@H]1CC(C)(C)CC2C3=C[C@H](ON=O)C4[C@@]5(C)CCC6(OCCO6)C(C)(C)C5CC[C@@]4(C)[C@]3(C)CCC21. The molecule has 0 radical (unpaired) electrons. The van der Waals surface area contributed by atoms with E-state index in [1.165, 1.54) is 5.57 Å². The Balaban J connectivity index is 1.40. The van der Waals surface area contributed by atoms with Crippen LogP contribution in [0.3, 0.4) is 0 Å². The van der Waals surface area contributed by atoms with Crippen molar-refractivity contribution < 1.29 is 23.8 Å². The summed E-state index contributed by atoms with van der Waals surface area (Å²) in [5.41, 5.74) is 1.10. The van der Waals surface area contributed by atoms with E-state index in [1.807, 2.05) is 0 Å². The Morgan fingerprint density at radius 3 is 2.37 bits per heavy atom. The maximum Gasteiger partial charge on any atom is 0.309 e. The summed E-state index contributed by atoms with van der Waals surface area (Å²) in [6.45, 7) is 20.7. The second-order valence-corrected chi connectivity index (χ2v) is 17.3. The van der Waals surface area contributed by atoms with Crippen LogP contribution >= 0.6 is 0 Å². The molecular weight excluding hydrogens is 542 g/mol. The maximum atomic E-state index is 13.5. The van der Waals surface area contributed by atoms with E-state index in [0.717, 1.165) is 64.2 Å². The molecule has 9 atom stereocenters. The van der Waals surface area contributed by atoms with Gasteiger partial charge >= 0.3 is 5.97 Å². The molecule has 1 heterocycles. The van der Waals surface area contributed by atoms with Crippen molar-refractivity contribution in [2.75, 3.05) is 19.8 Å². The number of unbranched alkanes of at least 4 members (excludes halogenated alkanes) is 1. The molecular formula is C36H57NO6. The third-order valence-corrected chi connectivity index (χ3v) is 14.5. The highest BCUT2D eigenvalue weighted by atomic mass is 16.7. The first-order valence-corrected chi connectivity index (χ1v) is 17.3. The molecule has 43 heavy (non-hydrogen) atoms. The summed E-state index contributed by atoms with van der Waals surface area (Å²) in [5, 5.41) is 3.12. The predicted molar refractivity (Wildman–Crippen MR) is 166 cm³/mol. The van der Waals surface area contributed by atoms with E-state index in [0.29, 0.717) is 25.7 Å². The number of ether oxygens (including phenoxy) is 3. The van der Waals surface area contributed by atoms with Crippen LogP contribution < -0.4 is 0 Å². The van der Waals surface area contributed by atoms with E-state index in [9.17, 15) is 9.70 Å². The number of fused-ring (bicyclic) bond motifs is 7. The minimum Gasteiger partial charge on any atom is -0.465 e. The fourth-order valence-corrected chi connectivity index (χ4v) is 12.4. The van der Waals surface area contributed by atoms with Crippen molar-refractivity contribution in [3.8, 4) is 0 Å². The lowest BCUT2D eigenvalue weighted by Gasteiger charge is -2.72. The van der Waals surface area contributed by atoms with Crippen molar-refractivity contribution in [1.82, 2.24) is 0 Å². The molecule has 0 amide bonds. The minimum atomic E-state index is -0.532. The number of hydrogen-bond acceptors (Lipinski definition) is 7. The summed E-state index contributed by atoms with van der Waals surface area (Å²) in [4.78, 5) is 31.4. The van der Waals surface area contributed by atoms with Crippen molar-refractivity contribution >= 4 is 5.97 Å². The van der Waals surface area contributed by atoms with E-state index < -0.39 is 5.79 Å². The van der Waals surface area contributed by atoms with Crippen molar-refractivity contribution in [3.05, 3.63) is 16.6 Å². The molecule has 1 saturated heterocycles. The van der Waals surface area contributed by atoms with Gasteiger partial charge in [-0.1, -0.05) is 67.4 Å². The molecule has 5 fully saturated rings. The Morgan fingerprint density at radius 1 is 0.977 bits per heavy atom. The average Bonchev–Trinajstić information content (AvgIpc) is 3.42. The van der Waals surface area contributed by atoms with Crippen molar-refractivity contribution in [2.24, 2.45) is 62.0 Å². The number of carbonyl (C=O) groups excluding carboxylic acids is 1. The molecule has 6 aliphatic rings. The lowest BCUT2D eigenvalue weighted by molar-refractivity contribution is -0.314. The first-order chi connectivity index (χ1) is 20.2. The van der Waals surface area contributed by atoms with E-state index in [4.69, 9.17) is 19.0 Å². The molecule has 0 bridgehead atoms. The van der Waals surface area contributed by atoms with Gasteiger partial charge in [0.25, 0.3) is 0 Å². The fourth-order valence-electron chi connectivity index (χ4n) is 12.4. The Labute approximate surface area is 259 Å². The summed E-state index contributed by atoms with van der Waals surface area (Å²) in [6, 6.07) is 0. The number of nitrogens with zero attached hydrogens (tertiary/aromatic N) is 1. The quantitative estimate of drug-likeness (QED) is 0.100. The maximum absolute atomic E-state index is 13.5. The zero-order chi connectivity index (χ0) is 31.1. The van der Waals surface area contributed by atoms with Gasteiger partial charge in [-0.3, -0.25) is 4.79 Å². The summed E-state index contributed by atoms with van der Waals surface area (Å²) in [6.07, 6.45) is 11.9. The second kappa shape index (κ2) is 10.5. The lowest BCUT2D eigenvalue weighted by atomic mass is 9.33. The number of carbonyl (C=O) groups is 1. The van der Waals surface area contributed by atoms with Gasteiger partial charge in [0.05, 0.1) is 25.7 Å². The highest BCUT2D eigenvalue weighted by molar-refractivity contribution is 5.73. The highest BCUT2D eigenvalue weighted by Gasteiger charge is 2.73. The van der Waals surface area contributed by atoms with Gasteiger partial charge in [0.15, 0.2) is 17.2 Å². The molecule has 6 rings (SSSR count). The molecule has 7 nitrogen and oxygen atoms in total. The lowest BCUT2D eigenvalue weighted by Crippen LogP contribution is -2.69. The third kappa shape index (κ3) is 4.43. The fraction of sp³-hybridized carbons (Fsp3) is 0.917. The van der Waals surface area contributed by atoms with Gasteiger partial charge < -0.3 is 19.0 Å². The predicted octanol–water partition coefficient (Wildman–Crippen LogP) is 8.41. The van der Waals surface area contributed by atoms with Crippen LogP contribution in [0.25, 0.3) is 0 Å². The smallest absolute Gasteiger partial charge is 0.309 e. The van der Waals surface area contributed by atoms with Crippen LogP contribution in [0.4, 0.5) is 0 Å². The van der Waals surface area contributed by atoms with Crippen LogP contribution in [0, 0.1) is 61.6 Å². The molecule has 7 heteroatoms. The molecule has 0 aromatic carbocycles. The normalized spacial score (nSPS) is 45.5. The topological polar surface area (TPSA) is 83.4 Å². The summed E-state index contributed by atoms with van der Waals surface area (Å²) in [7, 11) is 0. The molecule has 0 N–H and O–H groups in total.